The summed E-state index contributed by atoms with van der Waals surface area (Å²) < 4.78 is 15.5. The van der Waals surface area contributed by atoms with Gasteiger partial charge in [-0.3, -0.25) is 4.79 Å². The van der Waals surface area contributed by atoms with E-state index in [9.17, 15) is 4.79 Å². The van der Waals surface area contributed by atoms with Gasteiger partial charge in [0.2, 0.25) is 0 Å². The van der Waals surface area contributed by atoms with E-state index >= 15 is 0 Å². The van der Waals surface area contributed by atoms with Crippen molar-refractivity contribution in [3.8, 4) is 17.2 Å². The van der Waals surface area contributed by atoms with E-state index in [4.69, 9.17) is 14.2 Å². The second-order valence-electron chi connectivity index (χ2n) is 4.13. The summed E-state index contributed by atoms with van der Waals surface area (Å²) in [6, 6.07) is 12.1. The van der Waals surface area contributed by atoms with E-state index in [0.717, 1.165) is 0 Å². The van der Waals surface area contributed by atoms with Crippen LogP contribution in [0.25, 0.3) is 0 Å². The number of hydrogen-bond acceptors (Lipinski definition) is 4. The molecule has 0 heterocycles. The average Bonchev–Trinajstić information content (AvgIpc) is 2.53. The van der Waals surface area contributed by atoms with Crippen LogP contribution in [0.2, 0.25) is 0 Å². The minimum atomic E-state index is -0.139. The van der Waals surface area contributed by atoms with Crippen LogP contribution < -0.4 is 14.2 Å². The van der Waals surface area contributed by atoms with Crippen LogP contribution in [0, 0.1) is 0 Å². The lowest BCUT2D eigenvalue weighted by atomic mass is 10.0. The second-order valence-corrected chi connectivity index (χ2v) is 4.13. The molecule has 0 N–H and O–H groups in total. The second kappa shape index (κ2) is 6.10. The Bertz CT molecular complexity index is 620. The molecule has 0 aliphatic heterocycles. The predicted octanol–water partition coefficient (Wildman–Crippen LogP) is 2.94. The molecule has 0 atom stereocenters. The van der Waals surface area contributed by atoms with Crippen molar-refractivity contribution in [2.24, 2.45) is 0 Å². The van der Waals surface area contributed by atoms with Crippen LogP contribution in [0.3, 0.4) is 0 Å². The molecule has 0 saturated carbocycles. The Kier molecular flexibility index (Phi) is 4.25. The maximum Gasteiger partial charge on any atom is 0.197 e. The zero-order valence-electron chi connectivity index (χ0n) is 11.7. The summed E-state index contributed by atoms with van der Waals surface area (Å²) in [6.45, 7) is 0. The van der Waals surface area contributed by atoms with Crippen LogP contribution in [-0.2, 0) is 0 Å². The van der Waals surface area contributed by atoms with Gasteiger partial charge in [-0.2, -0.15) is 0 Å². The largest absolute Gasteiger partial charge is 0.497 e. The number of rotatable bonds is 5. The average molecular weight is 272 g/mol. The van der Waals surface area contributed by atoms with Crippen molar-refractivity contribution in [2.45, 2.75) is 0 Å². The van der Waals surface area contributed by atoms with Gasteiger partial charge in [-0.1, -0.05) is 12.1 Å². The van der Waals surface area contributed by atoms with Gasteiger partial charge in [0.1, 0.15) is 17.2 Å². The van der Waals surface area contributed by atoms with Crippen molar-refractivity contribution < 1.29 is 19.0 Å². The van der Waals surface area contributed by atoms with E-state index in [1.807, 2.05) is 0 Å². The summed E-state index contributed by atoms with van der Waals surface area (Å²) in [4.78, 5) is 12.6. The molecule has 2 aromatic rings. The summed E-state index contributed by atoms with van der Waals surface area (Å²) in [7, 11) is 4.65. The van der Waals surface area contributed by atoms with Crippen molar-refractivity contribution in [1.82, 2.24) is 0 Å². The normalized spacial score (nSPS) is 9.95. The molecule has 4 heteroatoms. The number of carbonyl (C=O) groups is 1. The maximum absolute atomic E-state index is 12.6. The fourth-order valence-corrected chi connectivity index (χ4v) is 1.91. The van der Waals surface area contributed by atoms with Gasteiger partial charge in [-0.15, -0.1) is 0 Å². The first-order valence-corrected chi connectivity index (χ1v) is 6.10. The highest BCUT2D eigenvalue weighted by Crippen LogP contribution is 2.27. The highest BCUT2D eigenvalue weighted by atomic mass is 16.5. The van der Waals surface area contributed by atoms with Crippen LogP contribution in [0.4, 0.5) is 0 Å². The lowest BCUT2D eigenvalue weighted by molar-refractivity contribution is 0.103. The number of ether oxygens (including phenoxy) is 3. The Balaban J connectivity index is 2.46. The molecule has 0 amide bonds. The number of carbonyl (C=O) groups excluding carboxylic acids is 1. The zero-order valence-corrected chi connectivity index (χ0v) is 11.7. The van der Waals surface area contributed by atoms with Gasteiger partial charge in [0.25, 0.3) is 0 Å². The standard InChI is InChI=1S/C16H16O4/c1-18-12-6-4-5-11(9-12)16(17)14-10-13(19-2)7-8-15(14)20-3/h4-10H,1-3H3. The van der Waals surface area contributed by atoms with E-state index in [1.54, 1.807) is 56.7 Å². The smallest absolute Gasteiger partial charge is 0.197 e. The third-order valence-electron chi connectivity index (χ3n) is 2.98. The molecule has 0 bridgehead atoms. The molecular weight excluding hydrogens is 256 g/mol. The summed E-state index contributed by atoms with van der Waals surface area (Å²) in [5.41, 5.74) is 0.996. The molecule has 0 aliphatic rings. The maximum atomic E-state index is 12.6. The van der Waals surface area contributed by atoms with E-state index in [2.05, 4.69) is 0 Å². The first-order chi connectivity index (χ1) is 9.69. The number of ketones is 1. The molecular formula is C16H16O4. The van der Waals surface area contributed by atoms with Gasteiger partial charge in [0, 0.05) is 5.56 Å². The van der Waals surface area contributed by atoms with Gasteiger partial charge in [-0.05, 0) is 30.3 Å². The van der Waals surface area contributed by atoms with Crippen molar-refractivity contribution in [1.29, 1.82) is 0 Å². The quantitative estimate of drug-likeness (QED) is 0.785. The van der Waals surface area contributed by atoms with E-state index in [-0.39, 0.29) is 5.78 Å². The summed E-state index contributed by atoms with van der Waals surface area (Å²) in [6.07, 6.45) is 0. The zero-order chi connectivity index (χ0) is 14.5. The van der Waals surface area contributed by atoms with E-state index in [0.29, 0.717) is 28.4 Å². The van der Waals surface area contributed by atoms with Gasteiger partial charge in [-0.25, -0.2) is 0 Å². The van der Waals surface area contributed by atoms with Gasteiger partial charge >= 0.3 is 0 Å². The summed E-state index contributed by atoms with van der Waals surface area (Å²) >= 11 is 0. The first kappa shape index (κ1) is 13.9. The van der Waals surface area contributed by atoms with Crippen LogP contribution in [0.15, 0.2) is 42.5 Å². The molecule has 0 saturated heterocycles. The number of methoxy groups -OCH3 is 3. The Morgan fingerprint density at radius 2 is 1.55 bits per heavy atom. The minimum Gasteiger partial charge on any atom is -0.497 e. The molecule has 0 spiro atoms. The lowest BCUT2D eigenvalue weighted by Gasteiger charge is -2.10. The Morgan fingerprint density at radius 3 is 2.20 bits per heavy atom. The number of benzene rings is 2. The molecule has 104 valence electrons. The third-order valence-corrected chi connectivity index (χ3v) is 2.98. The van der Waals surface area contributed by atoms with Crippen LogP contribution in [-0.4, -0.2) is 27.1 Å². The third kappa shape index (κ3) is 2.74. The van der Waals surface area contributed by atoms with Gasteiger partial charge in [0.05, 0.1) is 26.9 Å². The molecule has 0 aromatic heterocycles. The molecule has 20 heavy (non-hydrogen) atoms. The molecule has 4 nitrogen and oxygen atoms in total. The molecule has 0 aliphatic carbocycles. The summed E-state index contributed by atoms with van der Waals surface area (Å²) in [5, 5.41) is 0. The van der Waals surface area contributed by atoms with Gasteiger partial charge in [0.15, 0.2) is 5.78 Å². The van der Waals surface area contributed by atoms with Crippen molar-refractivity contribution in [3.63, 3.8) is 0 Å². The Hall–Kier alpha value is -2.49. The molecule has 2 aromatic carbocycles. The van der Waals surface area contributed by atoms with Crippen LogP contribution >= 0.6 is 0 Å². The SMILES string of the molecule is COc1cccc(C(=O)c2cc(OC)ccc2OC)c1. The highest BCUT2D eigenvalue weighted by molar-refractivity contribution is 6.11. The van der Waals surface area contributed by atoms with Crippen LogP contribution in [0.1, 0.15) is 15.9 Å². The van der Waals surface area contributed by atoms with E-state index < -0.39 is 0 Å². The first-order valence-electron chi connectivity index (χ1n) is 6.10. The Labute approximate surface area is 117 Å². The van der Waals surface area contributed by atoms with Crippen molar-refractivity contribution >= 4 is 5.78 Å². The number of hydrogen-bond donors (Lipinski definition) is 0. The highest BCUT2D eigenvalue weighted by Gasteiger charge is 2.16. The molecule has 0 fully saturated rings. The molecule has 0 radical (unpaired) electrons. The molecule has 2 rings (SSSR count). The van der Waals surface area contributed by atoms with E-state index in [1.165, 1.54) is 7.11 Å². The van der Waals surface area contributed by atoms with Crippen molar-refractivity contribution in [2.75, 3.05) is 21.3 Å². The monoisotopic (exact) mass is 272 g/mol. The van der Waals surface area contributed by atoms with Crippen LogP contribution in [0.5, 0.6) is 17.2 Å². The van der Waals surface area contributed by atoms with Crippen molar-refractivity contribution in [3.05, 3.63) is 53.6 Å². The topological polar surface area (TPSA) is 44.8 Å². The fourth-order valence-electron chi connectivity index (χ4n) is 1.91. The summed E-state index contributed by atoms with van der Waals surface area (Å²) in [5.74, 6) is 1.62. The lowest BCUT2D eigenvalue weighted by Crippen LogP contribution is -2.04. The fraction of sp³-hybridized carbons (Fsp3) is 0.188. The Morgan fingerprint density at radius 1 is 0.850 bits per heavy atom. The molecule has 0 unspecified atom stereocenters. The predicted molar refractivity (Wildman–Crippen MR) is 76.0 cm³/mol. The van der Waals surface area contributed by atoms with Gasteiger partial charge < -0.3 is 14.2 Å². The minimum absolute atomic E-state index is 0.139.